The number of nitrogens with zero attached hydrogens (tertiary/aromatic N) is 2. The van der Waals surface area contributed by atoms with Gasteiger partial charge < -0.3 is 30.9 Å². The van der Waals surface area contributed by atoms with Gasteiger partial charge in [0.05, 0.1) is 16.9 Å². The number of carbonyl (C=O) groups is 3. The molecule has 0 unspecified atom stereocenters. The lowest BCUT2D eigenvalue weighted by atomic mass is 10.0. The lowest BCUT2D eigenvalue weighted by Gasteiger charge is -2.27. The summed E-state index contributed by atoms with van der Waals surface area (Å²) >= 11 is 0. The van der Waals surface area contributed by atoms with E-state index in [2.05, 4.69) is 10.6 Å². The van der Waals surface area contributed by atoms with Gasteiger partial charge >= 0.3 is 0 Å². The summed E-state index contributed by atoms with van der Waals surface area (Å²) in [5, 5.41) is 23.4. The predicted molar refractivity (Wildman–Crippen MR) is 143 cm³/mol. The minimum Gasteiger partial charge on any atom is -0.388 e. The van der Waals surface area contributed by atoms with E-state index in [1.165, 1.54) is 16.0 Å². The Labute approximate surface area is 216 Å². The van der Waals surface area contributed by atoms with Crippen molar-refractivity contribution in [1.29, 1.82) is 5.41 Å². The Hall–Kier alpha value is -3.98. The summed E-state index contributed by atoms with van der Waals surface area (Å²) in [5.41, 5.74) is 3.49. The third kappa shape index (κ3) is 5.27. The van der Waals surface area contributed by atoms with Crippen LogP contribution in [0.3, 0.4) is 0 Å². The highest BCUT2D eigenvalue weighted by Crippen LogP contribution is 2.34. The van der Waals surface area contributed by atoms with Crippen LogP contribution in [0.2, 0.25) is 0 Å². The summed E-state index contributed by atoms with van der Waals surface area (Å²) in [7, 11) is 3.42. The summed E-state index contributed by atoms with van der Waals surface area (Å²) in [6.45, 7) is 3.88. The summed E-state index contributed by atoms with van der Waals surface area (Å²) in [6, 6.07) is 11.5. The zero-order valence-electron chi connectivity index (χ0n) is 21.6. The summed E-state index contributed by atoms with van der Waals surface area (Å²) < 4.78 is 0. The van der Waals surface area contributed by atoms with Gasteiger partial charge in [-0.3, -0.25) is 14.4 Å². The number of benzene rings is 2. The van der Waals surface area contributed by atoms with Crippen LogP contribution < -0.4 is 15.5 Å². The Bertz CT molecular complexity index is 1300. The van der Waals surface area contributed by atoms with Crippen LogP contribution >= 0.6 is 0 Å². The Kier molecular flexibility index (Phi) is 7.18. The zero-order chi connectivity index (χ0) is 26.9. The van der Waals surface area contributed by atoms with Gasteiger partial charge in [-0.15, -0.1) is 0 Å². The van der Waals surface area contributed by atoms with Gasteiger partial charge in [0, 0.05) is 50.2 Å². The third-order valence-corrected chi connectivity index (χ3v) is 7.10. The summed E-state index contributed by atoms with van der Waals surface area (Å²) in [5.74, 6) is -0.800. The SMILES string of the molecule is CN/C(=C(/C)C=N)c1ccc2c(c1)N(C)C(=O)[C@@H](C)N(Cc1cccc(C(=O)NCC3(O)CC3)c1)C2=O. The van der Waals surface area contributed by atoms with E-state index in [4.69, 9.17) is 5.41 Å². The molecule has 2 aromatic carbocycles. The molecule has 37 heavy (non-hydrogen) atoms. The monoisotopic (exact) mass is 503 g/mol. The largest absolute Gasteiger partial charge is 0.388 e. The van der Waals surface area contributed by atoms with Gasteiger partial charge in [-0.25, -0.2) is 0 Å². The number of hydrogen-bond acceptors (Lipinski definition) is 6. The number of aliphatic hydroxyl groups is 1. The van der Waals surface area contributed by atoms with Crippen LogP contribution in [0.4, 0.5) is 5.69 Å². The second-order valence-corrected chi connectivity index (χ2v) is 9.80. The van der Waals surface area contributed by atoms with Gasteiger partial charge in [-0.1, -0.05) is 18.2 Å². The highest BCUT2D eigenvalue weighted by molar-refractivity contribution is 6.11. The van der Waals surface area contributed by atoms with Gasteiger partial charge in [0.1, 0.15) is 6.04 Å². The minimum absolute atomic E-state index is 0.153. The molecule has 0 spiro atoms. The van der Waals surface area contributed by atoms with Crippen LogP contribution in [0.25, 0.3) is 5.70 Å². The average molecular weight is 504 g/mol. The molecule has 194 valence electrons. The highest BCUT2D eigenvalue weighted by atomic mass is 16.3. The number of rotatable bonds is 8. The average Bonchev–Trinajstić information content (AvgIpc) is 3.66. The van der Waals surface area contributed by atoms with E-state index < -0.39 is 11.6 Å². The maximum absolute atomic E-state index is 13.7. The van der Waals surface area contributed by atoms with Crippen LogP contribution in [0.1, 0.15) is 58.5 Å². The molecular formula is C28H33N5O4. The molecular weight excluding hydrogens is 470 g/mol. The molecule has 1 fully saturated rings. The van der Waals surface area contributed by atoms with Crippen molar-refractivity contribution in [2.75, 3.05) is 25.5 Å². The molecule has 9 heteroatoms. The third-order valence-electron chi connectivity index (χ3n) is 7.10. The molecule has 2 aromatic rings. The maximum atomic E-state index is 13.7. The molecule has 4 N–H and O–H groups in total. The first kappa shape index (κ1) is 26.1. The standard InChI is InChI=1S/C28H33N5O4/c1-17(14-29)24(30-3)20-8-9-22-23(13-20)32(4)26(35)18(2)33(27(22)36)15-19-6-5-7-21(12-19)25(34)31-16-28(37)10-11-28/h5-9,12-14,18,29-30,37H,10-11,15-16H2,1-4H3,(H,31,34)/b24-17-,29-14?/t18-/m1/s1. The number of hydrogen-bond donors (Lipinski definition) is 4. The van der Waals surface area contributed by atoms with Crippen molar-refractivity contribution >= 4 is 35.3 Å². The van der Waals surface area contributed by atoms with Crippen molar-refractivity contribution in [3.05, 3.63) is 70.3 Å². The fourth-order valence-corrected chi connectivity index (χ4v) is 4.53. The fraction of sp³-hybridized carbons (Fsp3) is 0.357. The van der Waals surface area contributed by atoms with E-state index in [9.17, 15) is 19.5 Å². The Morgan fingerprint density at radius 1 is 1.19 bits per heavy atom. The Balaban J connectivity index is 1.63. The normalized spacial score (nSPS) is 19.0. The first-order chi connectivity index (χ1) is 17.6. The Morgan fingerprint density at radius 2 is 1.92 bits per heavy atom. The first-order valence-corrected chi connectivity index (χ1v) is 12.3. The zero-order valence-corrected chi connectivity index (χ0v) is 21.6. The highest BCUT2D eigenvalue weighted by Gasteiger charge is 2.40. The smallest absolute Gasteiger partial charge is 0.256 e. The lowest BCUT2D eigenvalue weighted by molar-refractivity contribution is -0.122. The van der Waals surface area contributed by atoms with Crippen molar-refractivity contribution < 1.29 is 19.5 Å². The van der Waals surface area contributed by atoms with Crippen molar-refractivity contribution in [3.8, 4) is 0 Å². The van der Waals surface area contributed by atoms with Gasteiger partial charge in [0.2, 0.25) is 5.91 Å². The number of anilines is 1. The molecule has 1 atom stereocenters. The molecule has 1 saturated carbocycles. The molecule has 0 saturated heterocycles. The molecule has 4 rings (SSSR count). The second-order valence-electron chi connectivity index (χ2n) is 9.80. The molecule has 1 aliphatic carbocycles. The van der Waals surface area contributed by atoms with Gasteiger partial charge in [-0.05, 0) is 62.1 Å². The van der Waals surface area contributed by atoms with Gasteiger partial charge in [0.15, 0.2) is 0 Å². The van der Waals surface area contributed by atoms with Gasteiger partial charge in [0.25, 0.3) is 11.8 Å². The molecule has 9 nitrogen and oxygen atoms in total. The number of nitrogens with one attached hydrogen (secondary N) is 3. The van der Waals surface area contributed by atoms with Crippen molar-refractivity contribution in [3.63, 3.8) is 0 Å². The van der Waals surface area contributed by atoms with E-state index in [1.807, 2.05) is 13.0 Å². The molecule has 0 aromatic heterocycles. The molecule has 1 heterocycles. The number of fused-ring (bicyclic) bond motifs is 1. The summed E-state index contributed by atoms with van der Waals surface area (Å²) in [4.78, 5) is 42.7. The number of carbonyl (C=O) groups excluding carboxylic acids is 3. The number of allylic oxidation sites excluding steroid dienone is 1. The summed E-state index contributed by atoms with van der Waals surface area (Å²) in [6.07, 6.45) is 2.62. The van der Waals surface area contributed by atoms with Crippen molar-refractivity contribution in [2.24, 2.45) is 0 Å². The lowest BCUT2D eigenvalue weighted by Crippen LogP contribution is -2.45. The van der Waals surface area contributed by atoms with Gasteiger partial charge in [-0.2, -0.15) is 0 Å². The van der Waals surface area contributed by atoms with Crippen LogP contribution in [0.15, 0.2) is 48.0 Å². The van der Waals surface area contributed by atoms with E-state index in [1.54, 1.807) is 57.4 Å². The molecule has 3 amide bonds. The second kappa shape index (κ2) is 10.2. The fourth-order valence-electron chi connectivity index (χ4n) is 4.53. The van der Waals surface area contributed by atoms with Crippen molar-refractivity contribution in [2.45, 2.75) is 44.9 Å². The molecule has 0 bridgehead atoms. The van der Waals surface area contributed by atoms with Crippen LogP contribution in [-0.2, 0) is 11.3 Å². The minimum atomic E-state index is -0.789. The van der Waals surface area contributed by atoms with Crippen LogP contribution in [0, 0.1) is 5.41 Å². The van der Waals surface area contributed by atoms with E-state index in [0.29, 0.717) is 29.7 Å². The number of amides is 3. The molecule has 2 aliphatic rings. The molecule has 1 aliphatic heterocycles. The quantitative estimate of drug-likeness (QED) is 0.412. The first-order valence-electron chi connectivity index (χ1n) is 12.3. The van der Waals surface area contributed by atoms with E-state index in [-0.39, 0.29) is 30.8 Å². The molecule has 0 radical (unpaired) electrons. The van der Waals surface area contributed by atoms with E-state index >= 15 is 0 Å². The number of likely N-dealkylation sites (N-methyl/N-ethyl adjacent to an activating group) is 1. The topological polar surface area (TPSA) is 126 Å². The Morgan fingerprint density at radius 3 is 2.57 bits per heavy atom. The predicted octanol–water partition coefficient (Wildman–Crippen LogP) is 2.55. The van der Waals surface area contributed by atoms with Crippen molar-refractivity contribution in [1.82, 2.24) is 15.5 Å². The maximum Gasteiger partial charge on any atom is 0.256 e. The van der Waals surface area contributed by atoms with E-state index in [0.717, 1.165) is 22.4 Å². The van der Waals surface area contributed by atoms with Crippen LogP contribution in [-0.4, -0.2) is 66.2 Å². The van der Waals surface area contributed by atoms with Crippen LogP contribution in [0.5, 0.6) is 0 Å².